The van der Waals surface area contributed by atoms with Gasteiger partial charge in [0.05, 0.1) is 6.10 Å². The van der Waals surface area contributed by atoms with Crippen LogP contribution in [0.3, 0.4) is 0 Å². The predicted molar refractivity (Wildman–Crippen MR) is 55.7 cm³/mol. The lowest BCUT2D eigenvalue weighted by atomic mass is 9.88. The van der Waals surface area contributed by atoms with Crippen LogP contribution in [0.1, 0.15) is 24.2 Å². The number of hydrogen-bond acceptors (Lipinski definition) is 3. The summed E-state index contributed by atoms with van der Waals surface area (Å²) in [4.78, 5) is 0. The molecule has 78 valence electrons. The molecule has 0 unspecified atom stereocenters. The Morgan fingerprint density at radius 3 is 2.80 bits per heavy atom. The van der Waals surface area contributed by atoms with Crippen LogP contribution >= 0.6 is 0 Å². The Morgan fingerprint density at radius 2 is 2.00 bits per heavy atom. The fourth-order valence-corrected chi connectivity index (χ4v) is 2.02. The van der Waals surface area contributed by atoms with Crippen LogP contribution in [0.15, 0.2) is 18.2 Å². The van der Waals surface area contributed by atoms with Crippen molar-refractivity contribution in [1.29, 1.82) is 0 Å². The van der Waals surface area contributed by atoms with Gasteiger partial charge in [-0.2, -0.15) is 0 Å². The van der Waals surface area contributed by atoms with E-state index in [2.05, 4.69) is 0 Å². The molecule has 0 fully saturated rings. The average molecular weight is 204 g/mol. The Labute approximate surface area is 87.9 Å². The largest absolute Gasteiger partial charge is 0.454 e. The van der Waals surface area contributed by atoms with Crippen LogP contribution in [0.2, 0.25) is 0 Å². The maximum Gasteiger partial charge on any atom is 0.231 e. The Balaban J connectivity index is 2.15. The highest BCUT2D eigenvalue weighted by atomic mass is 16.7. The minimum absolute atomic E-state index is 0.151. The van der Waals surface area contributed by atoms with Crippen LogP contribution in [-0.2, 0) is 0 Å². The van der Waals surface area contributed by atoms with Gasteiger partial charge in [0.25, 0.3) is 0 Å². The number of ether oxygens (including phenoxy) is 2. The molecule has 1 aliphatic carbocycles. The molecule has 3 nitrogen and oxygen atoms in total. The molecule has 0 aromatic heterocycles. The van der Waals surface area contributed by atoms with Crippen LogP contribution in [-0.4, -0.2) is 11.9 Å². The van der Waals surface area contributed by atoms with Gasteiger partial charge in [-0.1, -0.05) is 19.1 Å². The van der Waals surface area contributed by atoms with Crippen molar-refractivity contribution in [2.45, 2.75) is 13.0 Å². The molecule has 0 saturated carbocycles. The molecule has 1 N–H and O–H groups in total. The van der Waals surface area contributed by atoms with Gasteiger partial charge in [0, 0.05) is 5.92 Å². The quantitative estimate of drug-likeness (QED) is 0.703. The first-order valence-electron chi connectivity index (χ1n) is 5.05. The minimum Gasteiger partial charge on any atom is -0.454 e. The van der Waals surface area contributed by atoms with E-state index in [9.17, 15) is 5.11 Å². The van der Waals surface area contributed by atoms with Crippen LogP contribution in [0, 0.1) is 5.92 Å². The van der Waals surface area contributed by atoms with E-state index in [0.717, 1.165) is 22.6 Å². The summed E-state index contributed by atoms with van der Waals surface area (Å²) >= 11 is 0. The molecule has 2 aliphatic rings. The number of rotatable bonds is 0. The lowest BCUT2D eigenvalue weighted by Crippen LogP contribution is -2.11. The summed E-state index contributed by atoms with van der Waals surface area (Å²) in [7, 11) is 0. The molecule has 15 heavy (non-hydrogen) atoms. The van der Waals surface area contributed by atoms with E-state index in [1.807, 2.05) is 31.2 Å². The fourth-order valence-electron chi connectivity index (χ4n) is 2.02. The van der Waals surface area contributed by atoms with Crippen molar-refractivity contribution in [1.82, 2.24) is 0 Å². The monoisotopic (exact) mass is 204 g/mol. The number of hydrogen-bond donors (Lipinski definition) is 1. The molecule has 0 spiro atoms. The molecule has 3 rings (SSSR count). The van der Waals surface area contributed by atoms with E-state index in [-0.39, 0.29) is 12.7 Å². The maximum absolute atomic E-state index is 10.0. The van der Waals surface area contributed by atoms with E-state index in [4.69, 9.17) is 9.47 Å². The lowest BCUT2D eigenvalue weighted by molar-refractivity contribution is 0.137. The number of fused-ring (bicyclic) bond motifs is 2. The molecule has 1 heterocycles. The van der Waals surface area contributed by atoms with Crippen molar-refractivity contribution in [2.75, 3.05) is 6.79 Å². The zero-order valence-electron chi connectivity index (χ0n) is 8.43. The predicted octanol–water partition coefficient (Wildman–Crippen LogP) is 2.11. The van der Waals surface area contributed by atoms with Crippen LogP contribution in [0.4, 0.5) is 0 Å². The first kappa shape index (κ1) is 8.80. The second-order valence-electron chi connectivity index (χ2n) is 4.00. The summed E-state index contributed by atoms with van der Waals surface area (Å²) in [5.41, 5.74) is 1.94. The van der Waals surface area contributed by atoms with Crippen molar-refractivity contribution in [3.63, 3.8) is 0 Å². The fraction of sp³-hybridized carbons (Fsp3) is 0.333. The van der Waals surface area contributed by atoms with E-state index in [1.165, 1.54) is 0 Å². The van der Waals surface area contributed by atoms with Crippen molar-refractivity contribution in [3.8, 4) is 11.5 Å². The molecule has 2 atom stereocenters. The van der Waals surface area contributed by atoms with Crippen molar-refractivity contribution >= 4 is 6.08 Å². The van der Waals surface area contributed by atoms with Gasteiger partial charge < -0.3 is 14.6 Å². The zero-order valence-corrected chi connectivity index (χ0v) is 8.43. The number of aliphatic hydroxyl groups is 1. The van der Waals surface area contributed by atoms with Gasteiger partial charge in [-0.15, -0.1) is 0 Å². The molecule has 3 heteroatoms. The summed E-state index contributed by atoms with van der Waals surface area (Å²) in [5, 5.41) is 10.0. The molecule has 1 aromatic carbocycles. The molecule has 0 amide bonds. The molecule has 1 aliphatic heterocycles. The van der Waals surface area contributed by atoms with Crippen LogP contribution in [0.5, 0.6) is 11.5 Å². The van der Waals surface area contributed by atoms with Gasteiger partial charge in [0.1, 0.15) is 0 Å². The molecular formula is C12H12O3. The Morgan fingerprint density at radius 1 is 1.27 bits per heavy atom. The third kappa shape index (κ3) is 1.23. The third-order valence-corrected chi connectivity index (χ3v) is 2.97. The SMILES string of the molecule is C[C@H]1C=Cc2cc3c(cc2[C@H]1O)OCO3. The Kier molecular flexibility index (Phi) is 1.76. The van der Waals surface area contributed by atoms with Gasteiger partial charge in [0.15, 0.2) is 11.5 Å². The second-order valence-corrected chi connectivity index (χ2v) is 4.00. The van der Waals surface area contributed by atoms with Gasteiger partial charge in [-0.05, 0) is 23.3 Å². The zero-order chi connectivity index (χ0) is 10.4. The van der Waals surface area contributed by atoms with Crippen LogP contribution in [0.25, 0.3) is 6.08 Å². The smallest absolute Gasteiger partial charge is 0.231 e. The second kappa shape index (κ2) is 3.00. The van der Waals surface area contributed by atoms with Crippen LogP contribution < -0.4 is 9.47 Å². The Hall–Kier alpha value is -1.48. The minimum atomic E-state index is -0.445. The van der Waals surface area contributed by atoms with Gasteiger partial charge in [-0.25, -0.2) is 0 Å². The first-order chi connectivity index (χ1) is 7.25. The molecule has 1 aromatic rings. The maximum atomic E-state index is 10.0. The topological polar surface area (TPSA) is 38.7 Å². The van der Waals surface area contributed by atoms with Crippen molar-refractivity contribution < 1.29 is 14.6 Å². The van der Waals surface area contributed by atoms with E-state index >= 15 is 0 Å². The standard InChI is InChI=1S/C12H12O3/c1-7-2-3-8-4-10-11(15-6-14-10)5-9(8)12(7)13/h2-5,7,12-13H,6H2,1H3/t7-,12-/m0/s1. The highest BCUT2D eigenvalue weighted by Crippen LogP contribution is 2.41. The molecule has 0 radical (unpaired) electrons. The first-order valence-corrected chi connectivity index (χ1v) is 5.05. The summed E-state index contributed by atoms with van der Waals surface area (Å²) in [6, 6.07) is 3.80. The summed E-state index contributed by atoms with van der Waals surface area (Å²) < 4.78 is 10.6. The summed E-state index contributed by atoms with van der Waals surface area (Å²) in [6.07, 6.45) is 3.59. The summed E-state index contributed by atoms with van der Waals surface area (Å²) in [6.45, 7) is 2.27. The normalized spacial score (nSPS) is 26.5. The van der Waals surface area contributed by atoms with Gasteiger partial charge >= 0.3 is 0 Å². The highest BCUT2D eigenvalue weighted by Gasteiger charge is 2.24. The average Bonchev–Trinajstić information content (AvgIpc) is 2.68. The van der Waals surface area contributed by atoms with Crippen molar-refractivity contribution in [2.24, 2.45) is 5.92 Å². The molecule has 0 bridgehead atoms. The lowest BCUT2D eigenvalue weighted by Gasteiger charge is -2.22. The molecular weight excluding hydrogens is 192 g/mol. The van der Waals surface area contributed by atoms with E-state index in [1.54, 1.807) is 0 Å². The van der Waals surface area contributed by atoms with Gasteiger partial charge in [0.2, 0.25) is 6.79 Å². The third-order valence-electron chi connectivity index (χ3n) is 2.97. The summed E-state index contributed by atoms with van der Waals surface area (Å²) in [5.74, 6) is 1.65. The highest BCUT2D eigenvalue weighted by molar-refractivity contribution is 5.63. The van der Waals surface area contributed by atoms with Gasteiger partial charge in [-0.3, -0.25) is 0 Å². The number of benzene rings is 1. The molecule has 0 saturated heterocycles. The Bertz CT molecular complexity index is 437. The van der Waals surface area contributed by atoms with E-state index < -0.39 is 6.10 Å². The van der Waals surface area contributed by atoms with E-state index in [0.29, 0.717) is 0 Å². The number of aliphatic hydroxyl groups excluding tert-OH is 1. The van der Waals surface area contributed by atoms with Crippen molar-refractivity contribution in [3.05, 3.63) is 29.3 Å².